The molecule has 176 valence electrons. The summed E-state index contributed by atoms with van der Waals surface area (Å²) in [6.07, 6.45) is 7.74. The van der Waals surface area contributed by atoms with E-state index in [1.807, 2.05) is 51.9 Å². The smallest absolute Gasteiger partial charge is 0.324 e. The number of rotatable bonds is 9. The highest BCUT2D eigenvalue weighted by atomic mass is 35.5. The van der Waals surface area contributed by atoms with Gasteiger partial charge in [-0.3, -0.25) is 4.90 Å². The Balaban J connectivity index is 1.54. The second-order valence-corrected chi connectivity index (χ2v) is 8.76. The molecule has 3 heterocycles. The van der Waals surface area contributed by atoms with Gasteiger partial charge in [-0.2, -0.15) is 0 Å². The maximum Gasteiger partial charge on any atom is 0.324 e. The zero-order valence-corrected chi connectivity index (χ0v) is 20.3. The molecule has 3 aromatic rings. The SMILES string of the molecule is CCCCCOc1cc(N2CCCN(Cc3ccnc4c3c(Cl)cn4C)C2=O)ccc1OC. The van der Waals surface area contributed by atoms with Crippen LogP contribution >= 0.6 is 11.6 Å². The van der Waals surface area contributed by atoms with Crippen LogP contribution < -0.4 is 14.4 Å². The van der Waals surface area contributed by atoms with Crippen LogP contribution in [0.15, 0.2) is 36.7 Å². The summed E-state index contributed by atoms with van der Waals surface area (Å²) >= 11 is 6.47. The number of methoxy groups -OCH3 is 1. The number of carbonyl (C=O) groups excluding carboxylic acids is 1. The van der Waals surface area contributed by atoms with Gasteiger partial charge in [-0.15, -0.1) is 0 Å². The molecule has 1 aromatic carbocycles. The van der Waals surface area contributed by atoms with Crippen molar-refractivity contribution in [3.8, 4) is 11.5 Å². The second kappa shape index (κ2) is 10.3. The monoisotopic (exact) mass is 470 g/mol. The minimum Gasteiger partial charge on any atom is -0.493 e. The normalized spacial score (nSPS) is 14.2. The summed E-state index contributed by atoms with van der Waals surface area (Å²) in [4.78, 5) is 21.6. The van der Waals surface area contributed by atoms with Crippen molar-refractivity contribution in [1.82, 2.24) is 14.5 Å². The Hall–Kier alpha value is -2.93. The largest absolute Gasteiger partial charge is 0.493 e. The van der Waals surface area contributed by atoms with Crippen LogP contribution in [0.2, 0.25) is 5.02 Å². The number of aromatic nitrogens is 2. The summed E-state index contributed by atoms with van der Waals surface area (Å²) in [6, 6.07) is 7.60. The van der Waals surface area contributed by atoms with Gasteiger partial charge in [-0.1, -0.05) is 31.4 Å². The second-order valence-electron chi connectivity index (χ2n) is 8.36. The summed E-state index contributed by atoms with van der Waals surface area (Å²) in [5.74, 6) is 1.34. The number of hydrogen-bond donors (Lipinski definition) is 0. The van der Waals surface area contributed by atoms with E-state index in [0.717, 1.165) is 48.0 Å². The van der Waals surface area contributed by atoms with Gasteiger partial charge in [0, 0.05) is 56.2 Å². The molecular formula is C25H31ClN4O3. The number of nitrogens with zero attached hydrogens (tertiary/aromatic N) is 4. The molecule has 8 heteroatoms. The van der Waals surface area contributed by atoms with E-state index in [9.17, 15) is 4.79 Å². The molecule has 2 amide bonds. The van der Waals surface area contributed by atoms with Gasteiger partial charge >= 0.3 is 6.03 Å². The first-order valence-corrected chi connectivity index (χ1v) is 11.9. The Morgan fingerprint density at radius 2 is 2.00 bits per heavy atom. The number of urea groups is 1. The van der Waals surface area contributed by atoms with Gasteiger partial charge in [-0.25, -0.2) is 9.78 Å². The van der Waals surface area contributed by atoms with Crippen LogP contribution in [0, 0.1) is 0 Å². The molecule has 7 nitrogen and oxygen atoms in total. The Morgan fingerprint density at radius 3 is 2.79 bits per heavy atom. The summed E-state index contributed by atoms with van der Waals surface area (Å²) < 4.78 is 13.4. The molecule has 2 aromatic heterocycles. The van der Waals surface area contributed by atoms with Crippen molar-refractivity contribution in [2.75, 3.05) is 31.7 Å². The van der Waals surface area contributed by atoms with Crippen LogP contribution in [0.25, 0.3) is 11.0 Å². The fraction of sp³-hybridized carbons (Fsp3) is 0.440. The van der Waals surface area contributed by atoms with Gasteiger partial charge in [0.15, 0.2) is 11.5 Å². The van der Waals surface area contributed by atoms with Crippen LogP contribution in [0.1, 0.15) is 38.2 Å². The number of pyridine rings is 1. The molecule has 0 N–H and O–H groups in total. The predicted molar refractivity (Wildman–Crippen MR) is 132 cm³/mol. The summed E-state index contributed by atoms with van der Waals surface area (Å²) in [5, 5.41) is 1.55. The van der Waals surface area contributed by atoms with Crippen LogP contribution in [0.3, 0.4) is 0 Å². The number of aryl methyl sites for hydroxylation is 1. The standard InChI is InChI=1S/C25H31ClN4O3/c1-4-5-6-14-33-22-15-19(8-9-21(22)32-3)30-13-7-12-29(25(30)31)16-18-10-11-27-24-23(18)20(26)17-28(24)2/h8-11,15,17H,4-7,12-14,16H2,1-3H3. The summed E-state index contributed by atoms with van der Waals surface area (Å²) in [7, 11) is 3.55. The minimum absolute atomic E-state index is 0.0274. The van der Waals surface area contributed by atoms with Crippen LogP contribution in [-0.2, 0) is 13.6 Å². The third-order valence-corrected chi connectivity index (χ3v) is 6.32. The zero-order valence-electron chi connectivity index (χ0n) is 19.5. The van der Waals surface area contributed by atoms with Crippen molar-refractivity contribution in [2.45, 2.75) is 39.2 Å². The molecule has 0 atom stereocenters. The Morgan fingerprint density at radius 1 is 1.15 bits per heavy atom. The van der Waals surface area contributed by atoms with Crippen molar-refractivity contribution >= 4 is 34.4 Å². The van der Waals surface area contributed by atoms with E-state index in [0.29, 0.717) is 42.8 Å². The van der Waals surface area contributed by atoms with Crippen LogP contribution in [0.5, 0.6) is 11.5 Å². The molecule has 4 rings (SSSR count). The predicted octanol–water partition coefficient (Wildman–Crippen LogP) is 5.64. The minimum atomic E-state index is -0.0274. The molecule has 33 heavy (non-hydrogen) atoms. The van der Waals surface area contributed by atoms with Crippen molar-refractivity contribution in [2.24, 2.45) is 7.05 Å². The highest BCUT2D eigenvalue weighted by molar-refractivity contribution is 6.35. The Kier molecular flexibility index (Phi) is 7.28. The lowest BCUT2D eigenvalue weighted by Crippen LogP contribution is -2.49. The van der Waals surface area contributed by atoms with Gasteiger partial charge in [0.2, 0.25) is 0 Å². The molecule has 0 radical (unpaired) electrons. The highest BCUT2D eigenvalue weighted by Gasteiger charge is 2.28. The first-order chi connectivity index (χ1) is 16.0. The number of hydrogen-bond acceptors (Lipinski definition) is 4. The van der Waals surface area contributed by atoms with Gasteiger partial charge < -0.3 is 18.9 Å². The van der Waals surface area contributed by atoms with Crippen molar-refractivity contribution in [3.63, 3.8) is 0 Å². The summed E-state index contributed by atoms with van der Waals surface area (Å²) in [6.45, 7) is 4.63. The van der Waals surface area contributed by atoms with E-state index in [4.69, 9.17) is 21.1 Å². The van der Waals surface area contributed by atoms with E-state index in [-0.39, 0.29) is 6.03 Å². The molecule has 0 spiro atoms. The van der Waals surface area contributed by atoms with Crippen LogP contribution in [0.4, 0.5) is 10.5 Å². The van der Waals surface area contributed by atoms with E-state index in [1.54, 1.807) is 13.3 Å². The van der Waals surface area contributed by atoms with Crippen molar-refractivity contribution in [3.05, 3.63) is 47.2 Å². The molecule has 1 saturated heterocycles. The number of carbonyl (C=O) groups is 1. The third kappa shape index (κ3) is 4.88. The molecule has 0 saturated carbocycles. The van der Waals surface area contributed by atoms with Crippen molar-refractivity contribution in [1.29, 1.82) is 0 Å². The Labute approximate surface area is 199 Å². The van der Waals surface area contributed by atoms with Gasteiger partial charge in [-0.05, 0) is 36.6 Å². The number of unbranched alkanes of at least 4 members (excludes halogenated alkanes) is 2. The van der Waals surface area contributed by atoms with E-state index >= 15 is 0 Å². The molecule has 0 unspecified atom stereocenters. The average Bonchev–Trinajstić information content (AvgIpc) is 3.12. The highest BCUT2D eigenvalue weighted by Crippen LogP contribution is 2.34. The quantitative estimate of drug-likeness (QED) is 0.380. The van der Waals surface area contributed by atoms with Crippen LogP contribution in [-0.4, -0.2) is 47.3 Å². The lowest BCUT2D eigenvalue weighted by Gasteiger charge is -2.36. The molecule has 1 fully saturated rings. The molecule has 1 aliphatic rings. The number of halogens is 1. The fourth-order valence-corrected chi connectivity index (χ4v) is 4.65. The number of ether oxygens (including phenoxy) is 2. The zero-order chi connectivity index (χ0) is 23.4. The number of anilines is 1. The molecule has 0 bridgehead atoms. The average molecular weight is 471 g/mol. The summed E-state index contributed by atoms with van der Waals surface area (Å²) in [5.41, 5.74) is 2.63. The van der Waals surface area contributed by atoms with E-state index < -0.39 is 0 Å². The van der Waals surface area contributed by atoms with Gasteiger partial charge in [0.25, 0.3) is 0 Å². The van der Waals surface area contributed by atoms with E-state index in [1.165, 1.54) is 0 Å². The lowest BCUT2D eigenvalue weighted by molar-refractivity contribution is 0.192. The number of amides is 2. The maximum atomic E-state index is 13.4. The van der Waals surface area contributed by atoms with E-state index in [2.05, 4.69) is 11.9 Å². The fourth-order valence-electron chi connectivity index (χ4n) is 4.30. The number of benzene rings is 1. The molecular weight excluding hydrogens is 440 g/mol. The molecule has 0 aliphatic carbocycles. The topological polar surface area (TPSA) is 59.8 Å². The van der Waals surface area contributed by atoms with Crippen molar-refractivity contribution < 1.29 is 14.3 Å². The maximum absolute atomic E-state index is 13.4. The first-order valence-electron chi connectivity index (χ1n) is 11.5. The van der Waals surface area contributed by atoms with Gasteiger partial charge in [0.1, 0.15) is 5.65 Å². The lowest BCUT2D eigenvalue weighted by atomic mass is 10.1. The third-order valence-electron chi connectivity index (χ3n) is 6.03. The Bertz CT molecular complexity index is 1130. The number of fused-ring (bicyclic) bond motifs is 1. The van der Waals surface area contributed by atoms with Gasteiger partial charge in [0.05, 0.1) is 18.7 Å². The molecule has 1 aliphatic heterocycles. The first kappa shape index (κ1) is 23.2.